The first-order chi connectivity index (χ1) is 9.53. The molecule has 0 heterocycles. The van der Waals surface area contributed by atoms with E-state index in [9.17, 15) is 4.79 Å². The van der Waals surface area contributed by atoms with Gasteiger partial charge in [0.1, 0.15) is 12.4 Å². The Labute approximate surface area is 124 Å². The van der Waals surface area contributed by atoms with Crippen LogP contribution in [0.25, 0.3) is 0 Å². The van der Waals surface area contributed by atoms with Gasteiger partial charge in [-0.3, -0.25) is 4.79 Å². The highest BCUT2D eigenvalue weighted by molar-refractivity contribution is 6.32. The van der Waals surface area contributed by atoms with Crippen LogP contribution in [-0.2, 0) is 4.79 Å². The lowest BCUT2D eigenvalue weighted by atomic mass is 9.97. The predicted molar refractivity (Wildman–Crippen MR) is 80.0 cm³/mol. The maximum atomic E-state index is 12.3. The fourth-order valence-corrected chi connectivity index (χ4v) is 2.75. The molecule has 1 aromatic carbocycles. The van der Waals surface area contributed by atoms with Gasteiger partial charge in [-0.2, -0.15) is 0 Å². The number of benzene rings is 1. The van der Waals surface area contributed by atoms with Gasteiger partial charge >= 0.3 is 0 Å². The van der Waals surface area contributed by atoms with Crippen molar-refractivity contribution < 1.29 is 9.53 Å². The summed E-state index contributed by atoms with van der Waals surface area (Å²) in [6, 6.07) is 7.30. The molecule has 2 N–H and O–H groups in total. The fourth-order valence-electron chi connectivity index (χ4n) is 2.56. The van der Waals surface area contributed by atoms with E-state index in [2.05, 4.69) is 0 Å². The number of halogens is 1. The zero-order valence-electron chi connectivity index (χ0n) is 11.8. The molecule has 0 aliphatic heterocycles. The third-order valence-corrected chi connectivity index (χ3v) is 4.10. The molecule has 0 bridgehead atoms. The highest BCUT2D eigenvalue weighted by Gasteiger charge is 2.38. The van der Waals surface area contributed by atoms with Gasteiger partial charge in [-0.15, -0.1) is 0 Å². The Balaban J connectivity index is 1.82. The zero-order valence-corrected chi connectivity index (χ0v) is 12.5. The van der Waals surface area contributed by atoms with Crippen LogP contribution >= 0.6 is 11.6 Å². The van der Waals surface area contributed by atoms with E-state index in [0.29, 0.717) is 23.9 Å². The summed E-state index contributed by atoms with van der Waals surface area (Å²) in [5.74, 6) is 0.649. The molecule has 20 heavy (non-hydrogen) atoms. The van der Waals surface area contributed by atoms with Crippen LogP contribution in [0.3, 0.4) is 0 Å². The number of amides is 1. The molecule has 0 aromatic heterocycles. The average molecular weight is 297 g/mol. The highest BCUT2D eigenvalue weighted by Crippen LogP contribution is 2.28. The van der Waals surface area contributed by atoms with Crippen molar-refractivity contribution in [2.45, 2.75) is 31.2 Å². The Bertz CT molecular complexity index is 473. The SMILES string of the molecule is CN(CCOc1ccccc1Cl)C(=O)C1(N)CCCC1. The topological polar surface area (TPSA) is 55.6 Å². The van der Waals surface area contributed by atoms with Gasteiger partial charge in [-0.25, -0.2) is 0 Å². The number of hydrogen-bond donors (Lipinski definition) is 1. The van der Waals surface area contributed by atoms with E-state index in [0.717, 1.165) is 25.7 Å². The molecule has 1 amide bonds. The number of carbonyl (C=O) groups is 1. The summed E-state index contributed by atoms with van der Waals surface area (Å²) in [6.45, 7) is 0.908. The second-order valence-electron chi connectivity index (χ2n) is 5.37. The van der Waals surface area contributed by atoms with Crippen LogP contribution < -0.4 is 10.5 Å². The highest BCUT2D eigenvalue weighted by atomic mass is 35.5. The Morgan fingerprint density at radius 2 is 2.05 bits per heavy atom. The number of rotatable bonds is 5. The standard InChI is InChI=1S/C15H21ClN2O2/c1-18(14(19)15(17)8-4-5-9-15)10-11-20-13-7-3-2-6-12(13)16/h2-3,6-7H,4-5,8-11,17H2,1H3. The Kier molecular flexibility index (Phi) is 4.89. The summed E-state index contributed by atoms with van der Waals surface area (Å²) in [7, 11) is 1.77. The van der Waals surface area contributed by atoms with Crippen molar-refractivity contribution >= 4 is 17.5 Å². The first-order valence-electron chi connectivity index (χ1n) is 6.95. The Morgan fingerprint density at radius 3 is 2.70 bits per heavy atom. The van der Waals surface area contributed by atoms with Gasteiger partial charge in [-0.1, -0.05) is 36.6 Å². The van der Waals surface area contributed by atoms with Crippen LogP contribution in [0.5, 0.6) is 5.75 Å². The maximum Gasteiger partial charge on any atom is 0.242 e. The Hall–Kier alpha value is -1.26. The number of hydrogen-bond acceptors (Lipinski definition) is 3. The minimum absolute atomic E-state index is 0.0118. The summed E-state index contributed by atoms with van der Waals surface area (Å²) in [4.78, 5) is 14.0. The molecule has 1 aliphatic rings. The predicted octanol–water partition coefficient (Wildman–Crippen LogP) is 2.45. The summed E-state index contributed by atoms with van der Waals surface area (Å²) < 4.78 is 5.59. The van der Waals surface area contributed by atoms with Crippen molar-refractivity contribution in [2.75, 3.05) is 20.2 Å². The van der Waals surface area contributed by atoms with Crippen LogP contribution in [-0.4, -0.2) is 36.5 Å². The largest absolute Gasteiger partial charge is 0.490 e. The second-order valence-corrected chi connectivity index (χ2v) is 5.78. The molecule has 4 nitrogen and oxygen atoms in total. The van der Waals surface area contributed by atoms with Crippen molar-refractivity contribution in [3.8, 4) is 5.75 Å². The first-order valence-corrected chi connectivity index (χ1v) is 7.32. The van der Waals surface area contributed by atoms with Gasteiger partial charge in [0.05, 0.1) is 17.1 Å². The van der Waals surface area contributed by atoms with Crippen LogP contribution in [0.1, 0.15) is 25.7 Å². The van der Waals surface area contributed by atoms with Crippen LogP contribution in [0.2, 0.25) is 5.02 Å². The summed E-state index contributed by atoms with van der Waals surface area (Å²) in [5, 5.41) is 0.576. The molecular formula is C15H21ClN2O2. The first kappa shape index (κ1) is 15.1. The number of carbonyl (C=O) groups excluding carboxylic acids is 1. The number of nitrogens with two attached hydrogens (primary N) is 1. The molecule has 110 valence electrons. The Morgan fingerprint density at radius 1 is 1.40 bits per heavy atom. The molecule has 0 radical (unpaired) electrons. The quantitative estimate of drug-likeness (QED) is 0.908. The minimum Gasteiger partial charge on any atom is -0.490 e. The molecule has 0 saturated heterocycles. The second kappa shape index (κ2) is 6.46. The number of nitrogens with zero attached hydrogens (tertiary/aromatic N) is 1. The normalized spacial score (nSPS) is 16.9. The molecule has 1 aromatic rings. The van der Waals surface area contributed by atoms with E-state index in [1.807, 2.05) is 18.2 Å². The van der Waals surface area contributed by atoms with Crippen molar-refractivity contribution in [3.05, 3.63) is 29.3 Å². The van der Waals surface area contributed by atoms with E-state index in [1.165, 1.54) is 0 Å². The molecule has 1 fully saturated rings. The van der Waals surface area contributed by atoms with Crippen molar-refractivity contribution in [1.82, 2.24) is 4.90 Å². The smallest absolute Gasteiger partial charge is 0.242 e. The summed E-state index contributed by atoms with van der Waals surface area (Å²) in [5.41, 5.74) is 5.49. The minimum atomic E-state index is -0.668. The van der Waals surface area contributed by atoms with E-state index < -0.39 is 5.54 Å². The van der Waals surface area contributed by atoms with Crippen molar-refractivity contribution in [3.63, 3.8) is 0 Å². The fraction of sp³-hybridized carbons (Fsp3) is 0.533. The van der Waals surface area contributed by atoms with E-state index in [1.54, 1.807) is 18.0 Å². The van der Waals surface area contributed by atoms with E-state index >= 15 is 0 Å². The molecule has 0 atom stereocenters. The molecule has 1 saturated carbocycles. The van der Waals surface area contributed by atoms with Gasteiger partial charge in [0.15, 0.2) is 0 Å². The van der Waals surface area contributed by atoms with Crippen LogP contribution in [0.4, 0.5) is 0 Å². The van der Waals surface area contributed by atoms with Gasteiger partial charge in [0, 0.05) is 7.05 Å². The third-order valence-electron chi connectivity index (χ3n) is 3.79. The zero-order chi connectivity index (χ0) is 14.6. The van der Waals surface area contributed by atoms with Gasteiger partial charge in [-0.05, 0) is 25.0 Å². The third kappa shape index (κ3) is 3.44. The summed E-state index contributed by atoms with van der Waals surface area (Å²) >= 11 is 6.00. The maximum absolute atomic E-state index is 12.3. The molecule has 2 rings (SSSR count). The van der Waals surface area contributed by atoms with Crippen molar-refractivity contribution in [2.24, 2.45) is 5.73 Å². The van der Waals surface area contributed by atoms with Crippen LogP contribution in [0.15, 0.2) is 24.3 Å². The lowest BCUT2D eigenvalue weighted by Crippen LogP contribution is -2.53. The molecule has 0 unspecified atom stereocenters. The van der Waals surface area contributed by atoms with Crippen LogP contribution in [0, 0.1) is 0 Å². The number of ether oxygens (including phenoxy) is 1. The molecule has 1 aliphatic carbocycles. The van der Waals surface area contributed by atoms with E-state index in [4.69, 9.17) is 22.1 Å². The van der Waals surface area contributed by atoms with Gasteiger partial charge in [0.2, 0.25) is 5.91 Å². The molecule has 0 spiro atoms. The average Bonchev–Trinajstić information content (AvgIpc) is 2.88. The number of para-hydroxylation sites is 1. The lowest BCUT2D eigenvalue weighted by Gasteiger charge is -2.28. The molecule has 5 heteroatoms. The van der Waals surface area contributed by atoms with Gasteiger partial charge in [0.25, 0.3) is 0 Å². The van der Waals surface area contributed by atoms with Gasteiger partial charge < -0.3 is 15.4 Å². The van der Waals surface area contributed by atoms with E-state index in [-0.39, 0.29) is 5.91 Å². The molecular weight excluding hydrogens is 276 g/mol. The summed E-state index contributed by atoms with van der Waals surface area (Å²) in [6.07, 6.45) is 3.63. The van der Waals surface area contributed by atoms with Crippen molar-refractivity contribution in [1.29, 1.82) is 0 Å². The monoisotopic (exact) mass is 296 g/mol. The number of likely N-dealkylation sites (N-methyl/N-ethyl adjacent to an activating group) is 1. The lowest BCUT2D eigenvalue weighted by molar-refractivity contribution is -0.135.